The molecule has 0 aliphatic rings. The molecule has 0 heterocycles. The van der Waals surface area contributed by atoms with Crippen molar-refractivity contribution in [1.29, 1.82) is 0 Å². The van der Waals surface area contributed by atoms with Gasteiger partial charge in [0.25, 0.3) is 0 Å². The molecular weight excluding hydrogens is 120 g/mol. The van der Waals surface area contributed by atoms with Crippen molar-refractivity contribution in [2.24, 2.45) is 5.92 Å². The summed E-state index contributed by atoms with van der Waals surface area (Å²) in [5, 5.41) is 17.0. The predicted octanol–water partition coefficient (Wildman–Crippen LogP) is 0.478. The Bertz CT molecular complexity index is 98.5. The summed E-state index contributed by atoms with van der Waals surface area (Å²) >= 11 is 0. The smallest absolute Gasteiger partial charge is 0.306 e. The van der Waals surface area contributed by atoms with Gasteiger partial charge in [0.15, 0.2) is 0 Å². The van der Waals surface area contributed by atoms with Gasteiger partial charge >= 0.3 is 5.97 Å². The topological polar surface area (TPSA) is 57.5 Å². The SMILES string of the molecule is C[C@H](O)C[C@@H](C)C(=O)O. The van der Waals surface area contributed by atoms with E-state index in [0.717, 1.165) is 0 Å². The van der Waals surface area contributed by atoms with Crippen molar-refractivity contribution >= 4 is 5.97 Å². The normalized spacial score (nSPS) is 16.8. The van der Waals surface area contributed by atoms with E-state index >= 15 is 0 Å². The fourth-order valence-electron chi connectivity index (χ4n) is 0.612. The van der Waals surface area contributed by atoms with Crippen molar-refractivity contribution < 1.29 is 15.0 Å². The van der Waals surface area contributed by atoms with Gasteiger partial charge in [-0.2, -0.15) is 0 Å². The third-order valence-electron chi connectivity index (χ3n) is 1.12. The number of aliphatic hydroxyl groups excluding tert-OH is 1. The molecule has 0 radical (unpaired) electrons. The van der Waals surface area contributed by atoms with Crippen molar-refractivity contribution in [2.45, 2.75) is 26.4 Å². The Labute approximate surface area is 54.3 Å². The maximum atomic E-state index is 10.1. The van der Waals surface area contributed by atoms with E-state index in [1.807, 2.05) is 0 Å². The van der Waals surface area contributed by atoms with Crippen molar-refractivity contribution in [3.8, 4) is 0 Å². The molecule has 0 bridgehead atoms. The molecule has 0 aliphatic carbocycles. The summed E-state index contributed by atoms with van der Waals surface area (Å²) < 4.78 is 0. The molecule has 2 atom stereocenters. The Morgan fingerprint density at radius 2 is 2.00 bits per heavy atom. The number of aliphatic hydroxyl groups is 1. The largest absolute Gasteiger partial charge is 0.481 e. The summed E-state index contributed by atoms with van der Waals surface area (Å²) in [6.07, 6.45) is -0.189. The van der Waals surface area contributed by atoms with Crippen molar-refractivity contribution in [3.05, 3.63) is 0 Å². The first kappa shape index (κ1) is 8.43. The average Bonchev–Trinajstić information content (AvgIpc) is 1.63. The number of hydrogen-bond donors (Lipinski definition) is 2. The van der Waals surface area contributed by atoms with Gasteiger partial charge in [0, 0.05) is 0 Å². The fraction of sp³-hybridized carbons (Fsp3) is 0.833. The fourth-order valence-corrected chi connectivity index (χ4v) is 0.612. The standard InChI is InChI=1S/C6H12O3/c1-4(6(8)9)3-5(2)7/h4-5,7H,3H2,1-2H3,(H,8,9)/t4-,5+/m1/s1. The van der Waals surface area contributed by atoms with Gasteiger partial charge in [0.1, 0.15) is 0 Å². The average molecular weight is 132 g/mol. The molecule has 0 rings (SSSR count). The number of aliphatic carboxylic acids is 1. The van der Waals surface area contributed by atoms with Crippen LogP contribution < -0.4 is 0 Å². The van der Waals surface area contributed by atoms with Gasteiger partial charge in [-0.15, -0.1) is 0 Å². The molecule has 2 N–H and O–H groups in total. The lowest BCUT2D eigenvalue weighted by molar-refractivity contribution is -0.142. The molecule has 3 heteroatoms. The van der Waals surface area contributed by atoms with Crippen LogP contribution in [0.3, 0.4) is 0 Å². The summed E-state index contributed by atoms with van der Waals surface area (Å²) in [5.74, 6) is -1.29. The van der Waals surface area contributed by atoms with E-state index in [1.54, 1.807) is 13.8 Å². The Morgan fingerprint density at radius 1 is 1.56 bits per heavy atom. The van der Waals surface area contributed by atoms with Crippen molar-refractivity contribution in [3.63, 3.8) is 0 Å². The zero-order valence-corrected chi connectivity index (χ0v) is 5.66. The Kier molecular flexibility index (Phi) is 3.24. The summed E-state index contributed by atoms with van der Waals surface area (Å²) in [6.45, 7) is 3.16. The zero-order chi connectivity index (χ0) is 7.44. The first-order chi connectivity index (χ1) is 4.04. The molecule has 0 spiro atoms. The highest BCUT2D eigenvalue weighted by molar-refractivity contribution is 5.69. The molecule has 3 nitrogen and oxygen atoms in total. The number of rotatable bonds is 3. The maximum Gasteiger partial charge on any atom is 0.306 e. The molecule has 0 amide bonds. The molecule has 9 heavy (non-hydrogen) atoms. The van der Waals surface area contributed by atoms with Crippen LogP contribution in [0.15, 0.2) is 0 Å². The van der Waals surface area contributed by atoms with Gasteiger partial charge in [-0.05, 0) is 13.3 Å². The summed E-state index contributed by atoms with van der Waals surface area (Å²) in [5.41, 5.74) is 0. The second-order valence-corrected chi connectivity index (χ2v) is 2.32. The highest BCUT2D eigenvalue weighted by Gasteiger charge is 2.12. The third-order valence-corrected chi connectivity index (χ3v) is 1.12. The first-order valence-corrected chi connectivity index (χ1v) is 2.95. The molecule has 0 aromatic heterocycles. The molecule has 54 valence electrons. The molecule has 0 unspecified atom stereocenters. The number of carboxylic acids is 1. The Hall–Kier alpha value is -0.570. The highest BCUT2D eigenvalue weighted by Crippen LogP contribution is 2.04. The highest BCUT2D eigenvalue weighted by atomic mass is 16.4. The molecule has 0 aliphatic heterocycles. The van der Waals surface area contributed by atoms with E-state index in [-0.39, 0.29) is 0 Å². The monoisotopic (exact) mass is 132 g/mol. The van der Waals surface area contributed by atoms with Gasteiger partial charge in [0.05, 0.1) is 12.0 Å². The van der Waals surface area contributed by atoms with Gasteiger partial charge in [-0.3, -0.25) is 4.79 Å². The van der Waals surface area contributed by atoms with Gasteiger partial charge < -0.3 is 10.2 Å². The predicted molar refractivity (Wildman–Crippen MR) is 33.1 cm³/mol. The van der Waals surface area contributed by atoms with Gasteiger partial charge in [-0.1, -0.05) is 6.92 Å². The molecule has 0 saturated carbocycles. The summed E-state index contributed by atoms with van der Waals surface area (Å²) in [4.78, 5) is 10.1. The van der Waals surface area contributed by atoms with Crippen LogP contribution in [0.1, 0.15) is 20.3 Å². The van der Waals surface area contributed by atoms with E-state index in [1.165, 1.54) is 0 Å². The lowest BCUT2D eigenvalue weighted by atomic mass is 10.1. The third kappa shape index (κ3) is 3.97. The van der Waals surface area contributed by atoms with Crippen molar-refractivity contribution in [2.75, 3.05) is 0 Å². The van der Waals surface area contributed by atoms with E-state index in [2.05, 4.69) is 0 Å². The minimum Gasteiger partial charge on any atom is -0.481 e. The number of carboxylic acid groups (broad SMARTS) is 1. The maximum absolute atomic E-state index is 10.1. The minimum atomic E-state index is -0.851. The van der Waals surface area contributed by atoms with Crippen LogP contribution in [0, 0.1) is 5.92 Å². The minimum absolute atomic E-state index is 0.329. The summed E-state index contributed by atoms with van der Waals surface area (Å²) in [7, 11) is 0. The lowest BCUT2D eigenvalue weighted by Gasteiger charge is -2.06. The molecule has 0 aromatic rings. The van der Waals surface area contributed by atoms with Crippen LogP contribution >= 0.6 is 0 Å². The van der Waals surface area contributed by atoms with Crippen LogP contribution in [0.4, 0.5) is 0 Å². The van der Waals surface area contributed by atoms with Crippen LogP contribution in [-0.4, -0.2) is 22.3 Å². The molecular formula is C6H12O3. The molecule has 0 aromatic carbocycles. The van der Waals surface area contributed by atoms with Crippen LogP contribution in [0.25, 0.3) is 0 Å². The first-order valence-electron chi connectivity index (χ1n) is 2.95. The second-order valence-electron chi connectivity index (χ2n) is 2.32. The molecule has 0 saturated heterocycles. The van der Waals surface area contributed by atoms with E-state index < -0.39 is 18.0 Å². The summed E-state index contributed by atoms with van der Waals surface area (Å²) in [6, 6.07) is 0. The zero-order valence-electron chi connectivity index (χ0n) is 5.66. The van der Waals surface area contributed by atoms with Gasteiger partial charge in [0.2, 0.25) is 0 Å². The van der Waals surface area contributed by atoms with E-state index in [4.69, 9.17) is 10.2 Å². The lowest BCUT2D eigenvalue weighted by Crippen LogP contribution is -2.15. The van der Waals surface area contributed by atoms with Gasteiger partial charge in [-0.25, -0.2) is 0 Å². The van der Waals surface area contributed by atoms with Crippen LogP contribution in [0.5, 0.6) is 0 Å². The number of carbonyl (C=O) groups is 1. The molecule has 0 fully saturated rings. The van der Waals surface area contributed by atoms with E-state index in [9.17, 15) is 4.79 Å². The van der Waals surface area contributed by atoms with Crippen LogP contribution in [0.2, 0.25) is 0 Å². The van der Waals surface area contributed by atoms with Crippen LogP contribution in [-0.2, 0) is 4.79 Å². The van der Waals surface area contributed by atoms with Crippen molar-refractivity contribution in [1.82, 2.24) is 0 Å². The Morgan fingerprint density at radius 3 is 2.11 bits per heavy atom. The number of hydrogen-bond acceptors (Lipinski definition) is 2. The van der Waals surface area contributed by atoms with E-state index in [0.29, 0.717) is 6.42 Å². The second kappa shape index (κ2) is 3.45. The quantitative estimate of drug-likeness (QED) is 0.587. The Balaban J connectivity index is 3.50.